The highest BCUT2D eigenvalue weighted by Crippen LogP contribution is 2.45. The summed E-state index contributed by atoms with van der Waals surface area (Å²) in [7, 11) is 0. The first-order chi connectivity index (χ1) is 15.2. The molecule has 2 atom stereocenters. The molecule has 2 aliphatic heterocycles. The molecule has 0 bridgehead atoms. The molecule has 2 saturated heterocycles. The molecule has 0 spiro atoms. The van der Waals surface area contributed by atoms with E-state index in [2.05, 4.69) is 0 Å². The maximum absolute atomic E-state index is 13.5. The van der Waals surface area contributed by atoms with Crippen molar-refractivity contribution in [1.29, 1.82) is 0 Å². The van der Waals surface area contributed by atoms with Gasteiger partial charge in [-0.05, 0) is 44.2 Å². The predicted octanol–water partition coefficient (Wildman–Crippen LogP) is 3.28. The van der Waals surface area contributed by atoms with E-state index in [9.17, 15) is 27.6 Å². The minimum atomic E-state index is -4.60. The second kappa shape index (κ2) is 8.50. The van der Waals surface area contributed by atoms with Gasteiger partial charge < -0.3 is 9.64 Å². The van der Waals surface area contributed by atoms with Crippen molar-refractivity contribution in [2.24, 2.45) is 0 Å². The minimum Gasteiger partial charge on any atom is -0.376 e. The van der Waals surface area contributed by atoms with Crippen molar-refractivity contribution >= 4 is 17.7 Å². The van der Waals surface area contributed by atoms with Gasteiger partial charge in [-0.15, -0.1) is 0 Å². The monoisotopic (exact) mass is 452 g/mol. The fourth-order valence-electron chi connectivity index (χ4n) is 4.74. The van der Waals surface area contributed by atoms with Gasteiger partial charge in [-0.2, -0.15) is 13.2 Å². The predicted molar refractivity (Wildman–Crippen MR) is 108 cm³/mol. The van der Waals surface area contributed by atoms with Gasteiger partial charge in [-0.3, -0.25) is 19.3 Å². The van der Waals surface area contributed by atoms with Gasteiger partial charge in [0.15, 0.2) is 0 Å². The second-order valence-corrected chi connectivity index (χ2v) is 8.88. The largest absolute Gasteiger partial charge is 0.416 e. The van der Waals surface area contributed by atoms with Gasteiger partial charge in [0.25, 0.3) is 0 Å². The average molecular weight is 452 g/mol. The molecule has 2 heterocycles. The molecule has 3 aliphatic rings. The highest BCUT2D eigenvalue weighted by atomic mass is 19.4. The minimum absolute atomic E-state index is 0.0651. The van der Waals surface area contributed by atoms with Crippen LogP contribution in [-0.2, 0) is 30.7 Å². The standard InChI is InChI=1S/C23H27F3N2O4/c1-2-27(14-18-7-4-10-32-18)19(29)12-22(13-20(30)28(21(22)31)17-8-9-17)15-5-3-6-16(11-15)23(24,25)26/h3,5-6,11,17-18H,2,4,7-10,12-14H2,1H3/t18-,22+/m1/s1. The fourth-order valence-corrected chi connectivity index (χ4v) is 4.74. The zero-order chi connectivity index (χ0) is 23.1. The molecular weight excluding hydrogens is 425 g/mol. The third-order valence-corrected chi connectivity index (χ3v) is 6.64. The Morgan fingerprint density at radius 3 is 2.59 bits per heavy atom. The van der Waals surface area contributed by atoms with E-state index in [0.717, 1.165) is 25.0 Å². The Kier molecular flexibility index (Phi) is 6.04. The number of carbonyl (C=O) groups is 3. The van der Waals surface area contributed by atoms with E-state index in [1.54, 1.807) is 4.90 Å². The molecule has 32 heavy (non-hydrogen) atoms. The molecule has 174 valence electrons. The van der Waals surface area contributed by atoms with Gasteiger partial charge in [0.2, 0.25) is 17.7 Å². The second-order valence-electron chi connectivity index (χ2n) is 8.88. The molecule has 0 radical (unpaired) electrons. The molecule has 6 nitrogen and oxygen atoms in total. The van der Waals surface area contributed by atoms with E-state index >= 15 is 0 Å². The number of rotatable bonds is 7. The summed E-state index contributed by atoms with van der Waals surface area (Å²) in [5.41, 5.74) is -2.46. The summed E-state index contributed by atoms with van der Waals surface area (Å²) in [5.74, 6) is -1.35. The average Bonchev–Trinajstić information content (AvgIpc) is 3.37. The molecule has 0 N–H and O–H groups in total. The summed E-state index contributed by atoms with van der Waals surface area (Å²) in [6.07, 6.45) is -2.22. The van der Waals surface area contributed by atoms with Crippen LogP contribution in [0.3, 0.4) is 0 Å². The summed E-state index contributed by atoms with van der Waals surface area (Å²) in [4.78, 5) is 42.3. The lowest BCUT2D eigenvalue weighted by Gasteiger charge is -2.31. The van der Waals surface area contributed by atoms with E-state index in [1.807, 2.05) is 6.92 Å². The van der Waals surface area contributed by atoms with E-state index in [-0.39, 0.29) is 36.5 Å². The van der Waals surface area contributed by atoms with Crippen LogP contribution >= 0.6 is 0 Å². The van der Waals surface area contributed by atoms with Crippen LogP contribution in [0, 0.1) is 0 Å². The zero-order valence-electron chi connectivity index (χ0n) is 18.0. The normalized spacial score (nSPS) is 26.1. The van der Waals surface area contributed by atoms with E-state index in [4.69, 9.17) is 4.74 Å². The number of likely N-dealkylation sites (tertiary alicyclic amines) is 1. The number of likely N-dealkylation sites (N-methyl/N-ethyl adjacent to an activating group) is 1. The number of nitrogens with zero attached hydrogens (tertiary/aromatic N) is 2. The summed E-state index contributed by atoms with van der Waals surface area (Å²) >= 11 is 0. The maximum atomic E-state index is 13.5. The number of imide groups is 1. The van der Waals surface area contributed by atoms with Crippen molar-refractivity contribution in [3.05, 3.63) is 35.4 Å². The Balaban J connectivity index is 1.68. The molecule has 9 heteroatoms. The first kappa shape index (κ1) is 22.8. The lowest BCUT2D eigenvalue weighted by Crippen LogP contribution is -2.45. The molecule has 0 aromatic heterocycles. The first-order valence-corrected chi connectivity index (χ1v) is 11.1. The van der Waals surface area contributed by atoms with Crippen LogP contribution < -0.4 is 0 Å². The van der Waals surface area contributed by atoms with Gasteiger partial charge in [0.1, 0.15) is 0 Å². The lowest BCUT2D eigenvalue weighted by molar-refractivity contribution is -0.143. The third-order valence-electron chi connectivity index (χ3n) is 6.64. The van der Waals surface area contributed by atoms with Gasteiger partial charge in [0, 0.05) is 38.6 Å². The number of halogens is 3. The van der Waals surface area contributed by atoms with Crippen molar-refractivity contribution in [2.75, 3.05) is 19.7 Å². The molecular formula is C23H27F3N2O4. The molecule has 3 fully saturated rings. The Hall–Kier alpha value is -2.42. The van der Waals surface area contributed by atoms with Gasteiger partial charge in [0.05, 0.1) is 17.1 Å². The SMILES string of the molecule is CCN(C[C@H]1CCCO1)C(=O)C[C@@]1(c2cccc(C(F)(F)F)c2)CC(=O)N(C2CC2)C1=O. The molecule has 1 aromatic carbocycles. The molecule has 1 aromatic rings. The number of carbonyl (C=O) groups excluding carboxylic acids is 3. The fraction of sp³-hybridized carbons (Fsp3) is 0.609. The van der Waals surface area contributed by atoms with Crippen molar-refractivity contribution in [3.8, 4) is 0 Å². The number of alkyl halides is 3. The summed E-state index contributed by atoms with van der Waals surface area (Å²) < 4.78 is 45.8. The number of hydrogen-bond acceptors (Lipinski definition) is 4. The van der Waals surface area contributed by atoms with Crippen LogP contribution in [0.5, 0.6) is 0 Å². The van der Waals surface area contributed by atoms with E-state index < -0.39 is 29.0 Å². The molecule has 1 aliphatic carbocycles. The van der Waals surface area contributed by atoms with Gasteiger partial charge in [-0.25, -0.2) is 0 Å². The smallest absolute Gasteiger partial charge is 0.376 e. The van der Waals surface area contributed by atoms with Crippen molar-refractivity contribution in [3.63, 3.8) is 0 Å². The van der Waals surface area contributed by atoms with Crippen LogP contribution in [0.15, 0.2) is 24.3 Å². The topological polar surface area (TPSA) is 66.9 Å². The van der Waals surface area contributed by atoms with Crippen LogP contribution in [-0.4, -0.2) is 59.4 Å². The number of ether oxygens (including phenoxy) is 1. The number of hydrogen-bond donors (Lipinski definition) is 0. The third kappa shape index (κ3) is 4.27. The molecule has 1 saturated carbocycles. The van der Waals surface area contributed by atoms with E-state index in [0.29, 0.717) is 32.5 Å². The van der Waals surface area contributed by atoms with Gasteiger partial charge >= 0.3 is 6.18 Å². The van der Waals surface area contributed by atoms with Gasteiger partial charge in [-0.1, -0.05) is 18.2 Å². The highest BCUT2D eigenvalue weighted by Gasteiger charge is 2.57. The molecule has 3 amide bonds. The summed E-state index contributed by atoms with van der Waals surface area (Å²) in [5, 5.41) is 0. The number of amides is 3. The van der Waals surface area contributed by atoms with Crippen LogP contribution in [0.2, 0.25) is 0 Å². The Morgan fingerprint density at radius 1 is 1.25 bits per heavy atom. The van der Waals surface area contributed by atoms with Crippen LogP contribution in [0.1, 0.15) is 56.6 Å². The Bertz CT molecular complexity index is 909. The highest BCUT2D eigenvalue weighted by molar-refractivity contribution is 6.11. The Labute approximate surface area is 184 Å². The zero-order valence-corrected chi connectivity index (χ0v) is 18.0. The van der Waals surface area contributed by atoms with Crippen molar-refractivity contribution in [1.82, 2.24) is 9.80 Å². The Morgan fingerprint density at radius 2 is 2.00 bits per heavy atom. The van der Waals surface area contributed by atoms with Crippen LogP contribution in [0.4, 0.5) is 13.2 Å². The van der Waals surface area contributed by atoms with Crippen molar-refractivity contribution < 1.29 is 32.3 Å². The van der Waals surface area contributed by atoms with Crippen LogP contribution in [0.25, 0.3) is 0 Å². The lowest BCUT2D eigenvalue weighted by atomic mass is 9.75. The first-order valence-electron chi connectivity index (χ1n) is 11.1. The molecule has 0 unspecified atom stereocenters. The maximum Gasteiger partial charge on any atom is 0.416 e. The van der Waals surface area contributed by atoms with Crippen molar-refractivity contribution in [2.45, 2.75) is 69.2 Å². The summed E-state index contributed by atoms with van der Waals surface area (Å²) in [6, 6.07) is 4.26. The van der Waals surface area contributed by atoms with E-state index in [1.165, 1.54) is 17.0 Å². The number of benzene rings is 1. The molecule has 4 rings (SSSR count). The summed E-state index contributed by atoms with van der Waals surface area (Å²) in [6.45, 7) is 3.18. The quantitative estimate of drug-likeness (QED) is 0.596.